The lowest BCUT2D eigenvalue weighted by Crippen LogP contribution is -2.56. The number of nitrogens with one attached hydrogen (secondary N) is 1. The molecule has 1 aliphatic rings. The Bertz CT molecular complexity index is 881. The highest BCUT2D eigenvalue weighted by Gasteiger charge is 2.33. The van der Waals surface area contributed by atoms with Crippen LogP contribution in [0.15, 0.2) is 56.9 Å². The van der Waals surface area contributed by atoms with Gasteiger partial charge in [-0.25, -0.2) is 15.0 Å². The van der Waals surface area contributed by atoms with Crippen LogP contribution in [0.25, 0.3) is 0 Å². The number of aliphatic imine (C=N–C) groups is 2. The molecule has 0 amide bonds. The Morgan fingerprint density at radius 1 is 1.32 bits per heavy atom. The molecule has 34 heavy (non-hydrogen) atoms. The van der Waals surface area contributed by atoms with Gasteiger partial charge in [-0.05, 0) is 24.9 Å². The third-order valence-electron chi connectivity index (χ3n) is 4.65. The first-order valence-electron chi connectivity index (χ1n) is 10.2. The molecule has 3 N–H and O–H groups in total. The van der Waals surface area contributed by atoms with Crippen LogP contribution >= 0.6 is 11.6 Å². The molecular formula is C21H28ClF3N8O. The lowest BCUT2D eigenvalue weighted by atomic mass is 10.3. The van der Waals surface area contributed by atoms with Gasteiger partial charge in [-0.3, -0.25) is 14.7 Å². The van der Waals surface area contributed by atoms with E-state index in [1.54, 1.807) is 24.2 Å². The molecule has 1 saturated heterocycles. The Labute approximate surface area is 202 Å². The molecule has 0 aromatic carbocycles. The van der Waals surface area contributed by atoms with E-state index in [0.717, 1.165) is 0 Å². The molecule has 186 valence electrons. The standard InChI is InChI=1S/C21H28ClF3N8O/c1-28-20(17(13-26)14-27)30-15-19(29-7-4-3-5-18(22)6-12-34)31(2)33-10-8-32(9-11-33)16-21(23,24)25/h3-7,12,30H,1,8-11,13,15-16,26H2,2H3/b5-3-,7-4+,18-6-,20-17-,29-19-. The highest BCUT2D eigenvalue weighted by molar-refractivity contribution is 6.32. The molecule has 0 aromatic heterocycles. The van der Waals surface area contributed by atoms with Gasteiger partial charge in [-0.15, -0.1) is 0 Å². The van der Waals surface area contributed by atoms with E-state index in [9.17, 15) is 23.2 Å². The number of rotatable bonds is 11. The molecule has 1 fully saturated rings. The van der Waals surface area contributed by atoms with Gasteiger partial charge < -0.3 is 11.1 Å². The molecule has 0 atom stereocenters. The van der Waals surface area contributed by atoms with Gasteiger partial charge in [0.05, 0.1) is 24.7 Å². The predicted octanol–water partition coefficient (Wildman–Crippen LogP) is 1.79. The highest BCUT2D eigenvalue weighted by Crippen LogP contribution is 2.18. The maximum atomic E-state index is 12.7. The summed E-state index contributed by atoms with van der Waals surface area (Å²) in [5, 5.41) is 16.0. The van der Waals surface area contributed by atoms with E-state index >= 15 is 0 Å². The van der Waals surface area contributed by atoms with E-state index in [2.05, 4.69) is 22.0 Å². The zero-order chi connectivity index (χ0) is 25.6. The number of carbonyl (C=O) groups is 1. The van der Waals surface area contributed by atoms with E-state index in [1.807, 2.05) is 11.1 Å². The van der Waals surface area contributed by atoms with E-state index in [1.165, 1.54) is 23.3 Å². The smallest absolute Gasteiger partial charge is 0.362 e. The number of halogens is 4. The van der Waals surface area contributed by atoms with E-state index in [4.69, 9.17) is 17.3 Å². The first-order valence-corrected chi connectivity index (χ1v) is 10.5. The van der Waals surface area contributed by atoms with Gasteiger partial charge in [0.25, 0.3) is 0 Å². The minimum atomic E-state index is -4.24. The van der Waals surface area contributed by atoms with Crippen LogP contribution in [-0.2, 0) is 4.79 Å². The number of nitriles is 1. The third kappa shape index (κ3) is 10.8. The number of nitrogens with zero attached hydrogens (tertiary/aromatic N) is 6. The van der Waals surface area contributed by atoms with E-state index in [-0.39, 0.29) is 42.6 Å². The minimum Gasteiger partial charge on any atom is -0.362 e. The number of allylic oxidation sites excluding steroid dienone is 5. The van der Waals surface area contributed by atoms with Gasteiger partial charge in [0.15, 0.2) is 0 Å². The first kappa shape index (κ1) is 29.1. The van der Waals surface area contributed by atoms with Crippen LogP contribution in [0, 0.1) is 11.3 Å². The fourth-order valence-electron chi connectivity index (χ4n) is 2.92. The summed E-state index contributed by atoms with van der Waals surface area (Å²) < 4.78 is 38.0. The van der Waals surface area contributed by atoms with Crippen LogP contribution < -0.4 is 11.1 Å². The molecule has 1 aliphatic heterocycles. The Balaban J connectivity index is 2.99. The van der Waals surface area contributed by atoms with Crippen molar-refractivity contribution in [3.8, 4) is 6.07 Å². The van der Waals surface area contributed by atoms with Crippen molar-refractivity contribution in [1.82, 2.24) is 20.2 Å². The molecule has 0 bridgehead atoms. The van der Waals surface area contributed by atoms with Crippen molar-refractivity contribution in [2.24, 2.45) is 15.7 Å². The minimum absolute atomic E-state index is 0.0267. The second-order valence-corrected chi connectivity index (χ2v) is 7.39. The van der Waals surface area contributed by atoms with Gasteiger partial charge in [-0.2, -0.15) is 18.4 Å². The normalized spacial score (nSPS) is 17.6. The molecule has 0 aliphatic carbocycles. The van der Waals surface area contributed by atoms with Crippen molar-refractivity contribution in [3.63, 3.8) is 0 Å². The number of amidine groups is 1. The van der Waals surface area contributed by atoms with Crippen molar-refractivity contribution in [3.05, 3.63) is 46.9 Å². The number of hydrogen-bond acceptors (Lipinski definition) is 8. The number of hydrazine groups is 1. The van der Waals surface area contributed by atoms with Crippen molar-refractivity contribution in [1.29, 1.82) is 5.26 Å². The molecule has 0 saturated carbocycles. The molecule has 0 radical (unpaired) electrons. The van der Waals surface area contributed by atoms with Crippen molar-refractivity contribution in [2.75, 3.05) is 52.9 Å². The summed E-state index contributed by atoms with van der Waals surface area (Å²) in [6, 6.07) is 1.95. The molecule has 1 rings (SSSR count). The molecule has 13 heteroatoms. The fourth-order valence-corrected chi connectivity index (χ4v) is 3.04. The van der Waals surface area contributed by atoms with Crippen LogP contribution in [0.1, 0.15) is 0 Å². The average Bonchev–Trinajstić information content (AvgIpc) is 2.79. The second kappa shape index (κ2) is 15.0. The highest BCUT2D eigenvalue weighted by atomic mass is 35.5. The number of aldehydes is 1. The monoisotopic (exact) mass is 500 g/mol. The summed E-state index contributed by atoms with van der Waals surface area (Å²) >= 11 is 5.80. The van der Waals surface area contributed by atoms with E-state index in [0.29, 0.717) is 25.2 Å². The maximum absolute atomic E-state index is 12.7. The first-order chi connectivity index (χ1) is 16.1. The van der Waals surface area contributed by atoms with Crippen molar-refractivity contribution >= 4 is 30.4 Å². The number of nitrogens with two attached hydrogens (primary N) is 1. The summed E-state index contributed by atoms with van der Waals surface area (Å²) in [4.78, 5) is 20.0. The molecule has 0 spiro atoms. The number of piperazine rings is 1. The number of alkyl halides is 3. The van der Waals surface area contributed by atoms with E-state index < -0.39 is 12.7 Å². The van der Waals surface area contributed by atoms with Gasteiger partial charge in [0, 0.05) is 51.0 Å². The third-order valence-corrected chi connectivity index (χ3v) is 4.90. The van der Waals surface area contributed by atoms with Gasteiger partial charge >= 0.3 is 6.18 Å². The van der Waals surface area contributed by atoms with Crippen LogP contribution in [0.2, 0.25) is 0 Å². The number of carbonyl (C=O) groups excluding carboxylic acids is 1. The predicted molar refractivity (Wildman–Crippen MR) is 127 cm³/mol. The van der Waals surface area contributed by atoms with Gasteiger partial charge in [0.2, 0.25) is 0 Å². The van der Waals surface area contributed by atoms with Crippen LogP contribution in [-0.4, -0.2) is 92.8 Å². The van der Waals surface area contributed by atoms with Crippen molar-refractivity contribution in [2.45, 2.75) is 6.18 Å². The fraction of sp³-hybridized carbons (Fsp3) is 0.429. The quantitative estimate of drug-likeness (QED) is 0.111. The molecule has 0 unspecified atom stereocenters. The van der Waals surface area contributed by atoms with Crippen LogP contribution in [0.3, 0.4) is 0 Å². The summed E-state index contributed by atoms with van der Waals surface area (Å²) in [5.74, 6) is 0.717. The van der Waals surface area contributed by atoms with Crippen LogP contribution in [0.5, 0.6) is 0 Å². The topological polar surface area (TPSA) is 113 Å². The number of hydrogen-bond donors (Lipinski definition) is 2. The van der Waals surface area contributed by atoms with Gasteiger partial charge in [0.1, 0.15) is 17.9 Å². The average molecular weight is 501 g/mol. The summed E-state index contributed by atoms with van der Waals surface area (Å²) in [6.07, 6.45) is 3.70. The lowest BCUT2D eigenvalue weighted by Gasteiger charge is -2.40. The van der Waals surface area contributed by atoms with Crippen molar-refractivity contribution < 1.29 is 18.0 Å². The summed E-state index contributed by atoms with van der Waals surface area (Å²) in [6.45, 7) is 3.84. The summed E-state index contributed by atoms with van der Waals surface area (Å²) in [7, 11) is 1.74. The van der Waals surface area contributed by atoms with Crippen LogP contribution in [0.4, 0.5) is 13.2 Å². The Hall–Kier alpha value is -2.98. The largest absolute Gasteiger partial charge is 0.401 e. The summed E-state index contributed by atoms with van der Waals surface area (Å²) in [5.41, 5.74) is 5.78. The molecule has 9 nitrogen and oxygen atoms in total. The maximum Gasteiger partial charge on any atom is 0.401 e. The Morgan fingerprint density at radius 3 is 2.53 bits per heavy atom. The second-order valence-electron chi connectivity index (χ2n) is 6.96. The Kier molecular flexibility index (Phi) is 12.8. The number of likely N-dealkylation sites (N-methyl/N-ethyl adjacent to an activating group) is 1. The SMILES string of the molecule is C=N/C(NC/C(=N/C=C/C=C\C(Cl)=C\C=O)N(C)N1CCN(CC(F)(F)F)CC1)=C(/C#N)CN. The molecule has 1 heterocycles. The van der Waals surface area contributed by atoms with Gasteiger partial charge in [-0.1, -0.05) is 17.7 Å². The zero-order valence-corrected chi connectivity index (χ0v) is 19.6. The lowest BCUT2D eigenvalue weighted by molar-refractivity contribution is -0.152. The molecule has 0 aromatic rings. The zero-order valence-electron chi connectivity index (χ0n) is 18.8. The molecular weight excluding hydrogens is 473 g/mol. The Morgan fingerprint density at radius 2 is 2.00 bits per heavy atom.